The monoisotopic (exact) mass is 579 g/mol. The number of benzene rings is 2. The average molecular weight is 580 g/mol. The Kier molecular flexibility index (Phi) is 8.49. The van der Waals surface area contributed by atoms with E-state index < -0.39 is 29.4 Å². The number of aliphatic hydroxyl groups is 1. The van der Waals surface area contributed by atoms with Gasteiger partial charge in [-0.1, -0.05) is 38.1 Å². The summed E-state index contributed by atoms with van der Waals surface area (Å²) in [6.45, 7) is 6.00. The molecule has 2 N–H and O–H groups in total. The van der Waals surface area contributed by atoms with Gasteiger partial charge in [0.1, 0.15) is 36.0 Å². The van der Waals surface area contributed by atoms with Crippen LogP contribution in [0.4, 0.5) is 4.39 Å². The van der Waals surface area contributed by atoms with Crippen LogP contribution in [-0.4, -0.2) is 62.6 Å². The van der Waals surface area contributed by atoms with E-state index in [-0.39, 0.29) is 37.9 Å². The van der Waals surface area contributed by atoms with E-state index >= 15 is 0 Å². The van der Waals surface area contributed by atoms with E-state index in [1.807, 2.05) is 27.0 Å². The predicted molar refractivity (Wildman–Crippen MR) is 152 cm³/mol. The number of carbonyl (C=O) groups is 2. The fourth-order valence-electron chi connectivity index (χ4n) is 5.33. The summed E-state index contributed by atoms with van der Waals surface area (Å²) in [6, 6.07) is 10.1. The van der Waals surface area contributed by atoms with Gasteiger partial charge in [-0.3, -0.25) is 9.59 Å². The molecule has 2 aromatic carbocycles. The van der Waals surface area contributed by atoms with Gasteiger partial charge < -0.3 is 24.8 Å². The first kappa shape index (κ1) is 29.5. The molecule has 1 saturated carbocycles. The Balaban J connectivity index is 1.25. The molecule has 2 heterocycles. The smallest absolute Gasteiger partial charge is 0.248 e. The zero-order chi connectivity index (χ0) is 30.0. The van der Waals surface area contributed by atoms with Crippen LogP contribution >= 0.6 is 0 Å². The van der Waals surface area contributed by atoms with Crippen molar-refractivity contribution in [1.82, 2.24) is 25.2 Å². The summed E-state index contributed by atoms with van der Waals surface area (Å²) in [4.78, 5) is 28.7. The first-order valence-corrected chi connectivity index (χ1v) is 14.3. The normalized spacial score (nSPS) is 19.4. The molecule has 2 aliphatic rings. The minimum atomic E-state index is -0.847. The van der Waals surface area contributed by atoms with Gasteiger partial charge >= 0.3 is 0 Å². The van der Waals surface area contributed by atoms with Crippen molar-refractivity contribution in [3.63, 3.8) is 0 Å². The third kappa shape index (κ3) is 6.73. The molecular weight excluding hydrogens is 541 g/mol. The molecule has 1 aliphatic heterocycles. The SMILES string of the molecule is COc1cccc(OCc2cc(CNC(=O)[C@@H]3C[C@@H](O)CN3C(=O)[C@@H](n3cc(C4CC4)nn3)C(C)(C)C)ccc2F)c1. The van der Waals surface area contributed by atoms with Crippen LogP contribution in [0.15, 0.2) is 48.7 Å². The Morgan fingerprint density at radius 3 is 2.64 bits per heavy atom. The number of nitrogens with one attached hydrogen (secondary N) is 1. The van der Waals surface area contributed by atoms with Gasteiger partial charge in [0.05, 0.1) is 18.9 Å². The molecule has 0 radical (unpaired) electrons. The Hall–Kier alpha value is -3.99. The highest BCUT2D eigenvalue weighted by Gasteiger charge is 2.45. The lowest BCUT2D eigenvalue weighted by molar-refractivity contribution is -0.144. The average Bonchev–Trinajstić information content (AvgIpc) is 3.57. The van der Waals surface area contributed by atoms with Crippen LogP contribution in [0.25, 0.3) is 0 Å². The maximum Gasteiger partial charge on any atom is 0.248 e. The number of likely N-dealkylation sites (tertiary alicyclic amines) is 1. The summed E-state index contributed by atoms with van der Waals surface area (Å²) in [5.74, 6) is 0.470. The molecule has 11 heteroatoms. The molecule has 42 heavy (non-hydrogen) atoms. The fraction of sp³-hybridized carbons (Fsp3) is 0.484. The second-order valence-corrected chi connectivity index (χ2v) is 12.2. The largest absolute Gasteiger partial charge is 0.497 e. The lowest BCUT2D eigenvalue weighted by atomic mass is 9.85. The molecule has 2 fully saturated rings. The molecule has 0 spiro atoms. The number of aromatic nitrogens is 3. The number of nitrogens with zero attached hydrogens (tertiary/aromatic N) is 4. The number of halogens is 1. The molecule has 5 rings (SSSR count). The second-order valence-electron chi connectivity index (χ2n) is 12.2. The van der Waals surface area contributed by atoms with Gasteiger partial charge in [-0.25, -0.2) is 9.07 Å². The summed E-state index contributed by atoms with van der Waals surface area (Å²) in [7, 11) is 1.56. The van der Waals surface area contributed by atoms with Gasteiger partial charge in [-0.05, 0) is 48.1 Å². The third-order valence-electron chi connectivity index (χ3n) is 7.72. The Labute approximate surface area is 244 Å². The van der Waals surface area contributed by atoms with E-state index in [1.54, 1.807) is 48.2 Å². The Morgan fingerprint density at radius 1 is 1.17 bits per heavy atom. The van der Waals surface area contributed by atoms with Gasteiger partial charge in [0.2, 0.25) is 11.8 Å². The molecular formula is C31H38FN5O5. The van der Waals surface area contributed by atoms with E-state index in [1.165, 1.54) is 11.0 Å². The summed E-state index contributed by atoms with van der Waals surface area (Å²) in [6.07, 6.45) is 3.27. The summed E-state index contributed by atoms with van der Waals surface area (Å²) < 4.78 is 27.1. The van der Waals surface area contributed by atoms with Crippen LogP contribution < -0.4 is 14.8 Å². The number of hydrogen-bond acceptors (Lipinski definition) is 7. The molecule has 1 saturated heterocycles. The predicted octanol–water partition coefficient (Wildman–Crippen LogP) is 3.75. The molecule has 3 aromatic rings. The van der Waals surface area contributed by atoms with E-state index in [9.17, 15) is 19.1 Å². The van der Waals surface area contributed by atoms with Crippen molar-refractivity contribution in [2.45, 2.75) is 77.3 Å². The van der Waals surface area contributed by atoms with Gasteiger partial charge in [0.15, 0.2) is 0 Å². The van der Waals surface area contributed by atoms with Gasteiger partial charge in [0, 0.05) is 43.3 Å². The second kappa shape index (κ2) is 12.1. The lowest BCUT2D eigenvalue weighted by Gasteiger charge is -2.34. The highest BCUT2D eigenvalue weighted by atomic mass is 19.1. The van der Waals surface area contributed by atoms with E-state index in [0.29, 0.717) is 28.5 Å². The number of β-amino-alcohol motifs (C(OH)–C–C–N with tert-alkyl or cyclic N) is 1. The van der Waals surface area contributed by atoms with Crippen molar-refractivity contribution >= 4 is 11.8 Å². The molecule has 2 amide bonds. The first-order chi connectivity index (χ1) is 20.0. The fourth-order valence-corrected chi connectivity index (χ4v) is 5.33. The molecule has 224 valence electrons. The van der Waals surface area contributed by atoms with Crippen LogP contribution in [-0.2, 0) is 22.7 Å². The number of ether oxygens (including phenoxy) is 2. The van der Waals surface area contributed by atoms with Gasteiger partial charge in [-0.2, -0.15) is 0 Å². The van der Waals surface area contributed by atoms with Crippen LogP contribution in [0.1, 0.15) is 68.8 Å². The van der Waals surface area contributed by atoms with Crippen LogP contribution in [0.3, 0.4) is 0 Å². The first-order valence-electron chi connectivity index (χ1n) is 14.3. The number of amides is 2. The van der Waals surface area contributed by atoms with Gasteiger partial charge in [-0.15, -0.1) is 5.10 Å². The quantitative estimate of drug-likeness (QED) is 0.376. The molecule has 1 aromatic heterocycles. The number of hydrogen-bond donors (Lipinski definition) is 2. The standard InChI is InChI=1S/C31H38FN5O5/c1-31(2,3)28(37-17-26(34-35-37)20-9-10-20)30(40)36-16-22(38)13-27(36)29(39)33-15-19-8-11-25(32)21(12-19)18-42-24-7-5-6-23(14-24)41-4/h5-8,11-12,14,17,20,22,27-28,38H,9-10,13,15-16,18H2,1-4H3,(H,33,39)/t22-,27+,28-/m1/s1. The number of aliphatic hydroxyl groups excluding tert-OH is 1. The highest BCUT2D eigenvalue weighted by molar-refractivity contribution is 5.90. The van der Waals surface area contributed by atoms with Crippen molar-refractivity contribution in [3.8, 4) is 11.5 Å². The number of rotatable bonds is 10. The van der Waals surface area contributed by atoms with E-state index in [0.717, 1.165) is 18.5 Å². The Morgan fingerprint density at radius 2 is 1.93 bits per heavy atom. The van der Waals surface area contributed by atoms with Crippen molar-refractivity contribution in [2.75, 3.05) is 13.7 Å². The third-order valence-corrected chi connectivity index (χ3v) is 7.72. The summed E-state index contributed by atoms with van der Waals surface area (Å²) in [5, 5.41) is 21.9. The van der Waals surface area contributed by atoms with E-state index in [2.05, 4.69) is 15.6 Å². The minimum Gasteiger partial charge on any atom is -0.497 e. The maximum atomic E-state index is 14.5. The zero-order valence-corrected chi connectivity index (χ0v) is 24.4. The lowest BCUT2D eigenvalue weighted by Crippen LogP contribution is -2.50. The van der Waals surface area contributed by atoms with Gasteiger partial charge in [0.25, 0.3) is 0 Å². The molecule has 0 unspecified atom stereocenters. The highest BCUT2D eigenvalue weighted by Crippen LogP contribution is 2.40. The van der Waals surface area contributed by atoms with Crippen molar-refractivity contribution in [3.05, 3.63) is 71.3 Å². The zero-order valence-electron chi connectivity index (χ0n) is 24.4. The molecule has 3 atom stereocenters. The van der Waals surface area contributed by atoms with Crippen molar-refractivity contribution < 1.29 is 28.6 Å². The number of methoxy groups -OCH3 is 1. The number of carbonyl (C=O) groups excluding carboxylic acids is 2. The summed E-state index contributed by atoms with van der Waals surface area (Å²) >= 11 is 0. The van der Waals surface area contributed by atoms with Crippen molar-refractivity contribution in [1.29, 1.82) is 0 Å². The van der Waals surface area contributed by atoms with E-state index in [4.69, 9.17) is 9.47 Å². The van der Waals surface area contributed by atoms with Crippen LogP contribution in [0.2, 0.25) is 0 Å². The van der Waals surface area contributed by atoms with Crippen molar-refractivity contribution in [2.24, 2.45) is 5.41 Å². The minimum absolute atomic E-state index is 0.00315. The summed E-state index contributed by atoms with van der Waals surface area (Å²) in [5.41, 5.74) is 1.37. The molecule has 10 nitrogen and oxygen atoms in total. The Bertz CT molecular complexity index is 1430. The molecule has 0 bridgehead atoms. The maximum absolute atomic E-state index is 14.5. The topological polar surface area (TPSA) is 119 Å². The van der Waals surface area contributed by atoms with Crippen LogP contribution in [0, 0.1) is 11.2 Å². The van der Waals surface area contributed by atoms with Crippen LogP contribution in [0.5, 0.6) is 11.5 Å². The molecule has 1 aliphatic carbocycles.